The van der Waals surface area contributed by atoms with E-state index in [4.69, 9.17) is 5.73 Å². The zero-order chi connectivity index (χ0) is 7.68. The molecule has 0 atom stereocenters. The van der Waals surface area contributed by atoms with Gasteiger partial charge in [-0.1, -0.05) is 0 Å². The number of rotatable bonds is 1. The van der Waals surface area contributed by atoms with Gasteiger partial charge in [-0.2, -0.15) is 0 Å². The predicted octanol–water partition coefficient (Wildman–Crippen LogP) is 1.29. The summed E-state index contributed by atoms with van der Waals surface area (Å²) in [7, 11) is 0. The van der Waals surface area contributed by atoms with Crippen LogP contribution in [-0.4, -0.2) is 13.1 Å². The van der Waals surface area contributed by atoms with E-state index in [0.717, 1.165) is 18.8 Å². The van der Waals surface area contributed by atoms with Gasteiger partial charge in [0.25, 0.3) is 0 Å². The van der Waals surface area contributed by atoms with Gasteiger partial charge in [-0.05, 0) is 24.3 Å². The number of anilines is 2. The molecule has 1 radical (unpaired) electrons. The third-order valence-corrected chi connectivity index (χ3v) is 1.96. The highest BCUT2D eigenvalue weighted by atomic mass is 15.2. The molecule has 1 saturated heterocycles. The number of nitrogen functional groups attached to an aromatic ring is 1. The lowest BCUT2D eigenvalue weighted by molar-refractivity contribution is 0.764. The lowest BCUT2D eigenvalue weighted by Crippen LogP contribution is -2.37. The molecule has 2 N–H and O–H groups in total. The van der Waals surface area contributed by atoms with Crippen LogP contribution in [0, 0.1) is 6.42 Å². The first-order chi connectivity index (χ1) is 5.36. The van der Waals surface area contributed by atoms with Crippen LogP contribution in [0.2, 0.25) is 0 Å². The van der Waals surface area contributed by atoms with Crippen molar-refractivity contribution < 1.29 is 0 Å². The summed E-state index contributed by atoms with van der Waals surface area (Å²) >= 11 is 0. The van der Waals surface area contributed by atoms with Crippen LogP contribution in [-0.2, 0) is 0 Å². The molecule has 0 spiro atoms. The summed E-state index contributed by atoms with van der Waals surface area (Å²) in [4.78, 5) is 2.29. The molecule has 1 aromatic carbocycles. The number of hydrogen-bond donors (Lipinski definition) is 1. The molecule has 57 valence electrons. The highest BCUT2D eigenvalue weighted by molar-refractivity contribution is 5.55. The van der Waals surface area contributed by atoms with Gasteiger partial charge in [-0.3, -0.25) is 0 Å². The largest absolute Gasteiger partial charge is 0.399 e. The molecule has 0 unspecified atom stereocenters. The van der Waals surface area contributed by atoms with Crippen LogP contribution in [0.15, 0.2) is 24.3 Å². The second-order valence-electron chi connectivity index (χ2n) is 2.79. The van der Waals surface area contributed by atoms with Gasteiger partial charge >= 0.3 is 0 Å². The Kier molecular flexibility index (Phi) is 1.46. The molecule has 1 heterocycles. The molecule has 1 aromatic rings. The molecule has 0 aromatic heterocycles. The molecule has 2 heteroatoms. The van der Waals surface area contributed by atoms with E-state index in [1.54, 1.807) is 0 Å². The fourth-order valence-corrected chi connectivity index (χ4v) is 1.15. The molecule has 0 aliphatic carbocycles. The van der Waals surface area contributed by atoms with Crippen molar-refractivity contribution >= 4 is 11.4 Å². The number of benzene rings is 1. The van der Waals surface area contributed by atoms with Crippen molar-refractivity contribution in [3.05, 3.63) is 30.7 Å². The van der Waals surface area contributed by atoms with E-state index >= 15 is 0 Å². The van der Waals surface area contributed by atoms with Crippen LogP contribution >= 0.6 is 0 Å². The van der Waals surface area contributed by atoms with Crippen LogP contribution in [0.5, 0.6) is 0 Å². The van der Waals surface area contributed by atoms with Crippen molar-refractivity contribution in [2.75, 3.05) is 23.7 Å². The summed E-state index contributed by atoms with van der Waals surface area (Å²) in [5.74, 6) is 0. The van der Waals surface area contributed by atoms with E-state index in [1.165, 1.54) is 5.69 Å². The second kappa shape index (κ2) is 2.46. The minimum atomic E-state index is 0.832. The molecule has 2 nitrogen and oxygen atoms in total. The molecule has 2 rings (SSSR count). The monoisotopic (exact) mass is 147 g/mol. The van der Waals surface area contributed by atoms with E-state index in [1.807, 2.05) is 12.1 Å². The van der Waals surface area contributed by atoms with Gasteiger partial charge in [0, 0.05) is 30.9 Å². The third kappa shape index (κ3) is 1.16. The minimum Gasteiger partial charge on any atom is -0.399 e. The summed E-state index contributed by atoms with van der Waals surface area (Å²) in [6.07, 6.45) is 2.25. The Labute approximate surface area is 66.6 Å². The van der Waals surface area contributed by atoms with Crippen LogP contribution < -0.4 is 10.6 Å². The molecule has 11 heavy (non-hydrogen) atoms. The van der Waals surface area contributed by atoms with Gasteiger partial charge in [-0.15, -0.1) is 0 Å². The van der Waals surface area contributed by atoms with Crippen molar-refractivity contribution in [1.82, 2.24) is 0 Å². The molecule has 0 bridgehead atoms. The van der Waals surface area contributed by atoms with Crippen LogP contribution in [0.25, 0.3) is 0 Å². The van der Waals surface area contributed by atoms with E-state index in [9.17, 15) is 0 Å². The van der Waals surface area contributed by atoms with E-state index < -0.39 is 0 Å². The van der Waals surface area contributed by atoms with Crippen LogP contribution in [0.3, 0.4) is 0 Å². The van der Waals surface area contributed by atoms with E-state index in [0.29, 0.717) is 0 Å². The van der Waals surface area contributed by atoms with E-state index in [-0.39, 0.29) is 0 Å². The summed E-state index contributed by atoms with van der Waals surface area (Å²) in [6.45, 7) is 2.15. The maximum atomic E-state index is 5.56. The maximum Gasteiger partial charge on any atom is 0.0367 e. The van der Waals surface area contributed by atoms with Crippen molar-refractivity contribution in [2.45, 2.75) is 0 Å². The maximum absolute atomic E-state index is 5.56. The first-order valence-electron chi connectivity index (χ1n) is 3.78. The van der Waals surface area contributed by atoms with Gasteiger partial charge in [0.15, 0.2) is 0 Å². The van der Waals surface area contributed by atoms with Crippen LogP contribution in [0.1, 0.15) is 0 Å². The van der Waals surface area contributed by atoms with Crippen molar-refractivity contribution in [2.24, 2.45) is 0 Å². The Morgan fingerprint density at radius 2 is 1.73 bits per heavy atom. The SMILES string of the molecule is Nc1ccc(N2C[CH]C2)cc1. The highest BCUT2D eigenvalue weighted by Gasteiger charge is 2.13. The van der Waals surface area contributed by atoms with Gasteiger partial charge in [0.05, 0.1) is 0 Å². The Hall–Kier alpha value is -1.18. The van der Waals surface area contributed by atoms with Crippen molar-refractivity contribution in [3.8, 4) is 0 Å². The summed E-state index contributed by atoms with van der Waals surface area (Å²) in [5.41, 5.74) is 7.66. The highest BCUT2D eigenvalue weighted by Crippen LogP contribution is 2.20. The smallest absolute Gasteiger partial charge is 0.0367 e. The minimum absolute atomic E-state index is 0.832. The molecule has 1 fully saturated rings. The topological polar surface area (TPSA) is 29.3 Å². The molecule has 1 aliphatic rings. The average Bonchev–Trinajstić information content (AvgIpc) is 1.90. The van der Waals surface area contributed by atoms with Crippen molar-refractivity contribution in [3.63, 3.8) is 0 Å². The van der Waals surface area contributed by atoms with Crippen molar-refractivity contribution in [1.29, 1.82) is 0 Å². The van der Waals surface area contributed by atoms with Gasteiger partial charge in [0.1, 0.15) is 0 Å². The number of hydrogen-bond acceptors (Lipinski definition) is 2. The third-order valence-electron chi connectivity index (χ3n) is 1.96. The molecular weight excluding hydrogens is 136 g/mol. The fraction of sp³-hybridized carbons (Fsp3) is 0.222. The Bertz CT molecular complexity index is 236. The molecule has 1 aliphatic heterocycles. The molecular formula is C9H11N2. The quantitative estimate of drug-likeness (QED) is 0.606. The Balaban J connectivity index is 2.18. The zero-order valence-electron chi connectivity index (χ0n) is 6.33. The van der Waals surface area contributed by atoms with Gasteiger partial charge in [-0.25, -0.2) is 0 Å². The summed E-state index contributed by atoms with van der Waals surface area (Å²) in [5, 5.41) is 0. The number of nitrogens with zero attached hydrogens (tertiary/aromatic N) is 1. The second-order valence-corrected chi connectivity index (χ2v) is 2.79. The summed E-state index contributed by atoms with van der Waals surface area (Å²) in [6, 6.07) is 7.99. The first-order valence-corrected chi connectivity index (χ1v) is 3.78. The number of nitrogens with two attached hydrogens (primary N) is 1. The Morgan fingerprint density at radius 3 is 2.18 bits per heavy atom. The zero-order valence-corrected chi connectivity index (χ0v) is 6.33. The normalized spacial score (nSPS) is 16.2. The summed E-state index contributed by atoms with van der Waals surface area (Å²) < 4.78 is 0. The fourth-order valence-electron chi connectivity index (χ4n) is 1.15. The van der Waals surface area contributed by atoms with Crippen LogP contribution in [0.4, 0.5) is 11.4 Å². The predicted molar refractivity (Wildman–Crippen MR) is 47.4 cm³/mol. The Morgan fingerprint density at radius 1 is 1.09 bits per heavy atom. The molecule has 0 saturated carbocycles. The first kappa shape index (κ1) is 6.53. The standard InChI is InChI=1S/C9H11N2/c10-8-2-4-9(5-3-8)11-6-1-7-11/h1-5H,6-7,10H2. The lowest BCUT2D eigenvalue weighted by Gasteiger charge is -2.32. The average molecular weight is 147 g/mol. The van der Waals surface area contributed by atoms with Gasteiger partial charge < -0.3 is 10.6 Å². The van der Waals surface area contributed by atoms with Gasteiger partial charge in [0.2, 0.25) is 0 Å². The van der Waals surface area contributed by atoms with E-state index in [2.05, 4.69) is 23.5 Å². The lowest BCUT2D eigenvalue weighted by atomic mass is 10.2. The molecule has 0 amide bonds.